The van der Waals surface area contributed by atoms with Gasteiger partial charge in [-0.3, -0.25) is 4.90 Å². The first kappa shape index (κ1) is 19.0. The van der Waals surface area contributed by atoms with Crippen LogP contribution in [0.25, 0.3) is 22.3 Å². The van der Waals surface area contributed by atoms with E-state index in [-0.39, 0.29) is 0 Å². The number of aromatic nitrogens is 2. The van der Waals surface area contributed by atoms with E-state index >= 15 is 0 Å². The van der Waals surface area contributed by atoms with Crippen molar-refractivity contribution in [2.24, 2.45) is 0 Å². The molecule has 5 rings (SSSR count). The van der Waals surface area contributed by atoms with Crippen LogP contribution in [0.1, 0.15) is 5.56 Å². The van der Waals surface area contributed by atoms with Crippen molar-refractivity contribution in [2.75, 3.05) is 31.1 Å². The lowest BCUT2D eigenvalue weighted by Gasteiger charge is -2.36. The van der Waals surface area contributed by atoms with Gasteiger partial charge < -0.3 is 4.90 Å². The third kappa shape index (κ3) is 4.02. The zero-order valence-electron chi connectivity index (χ0n) is 16.7. The van der Waals surface area contributed by atoms with Gasteiger partial charge in [-0.2, -0.15) is 0 Å². The summed E-state index contributed by atoms with van der Waals surface area (Å²) >= 11 is 6.07. The van der Waals surface area contributed by atoms with E-state index in [0.717, 1.165) is 60.8 Å². The minimum atomic E-state index is 0.717. The number of para-hydroxylation sites is 1. The van der Waals surface area contributed by atoms with Crippen molar-refractivity contribution in [1.29, 1.82) is 0 Å². The molecule has 0 radical (unpaired) electrons. The van der Waals surface area contributed by atoms with Gasteiger partial charge in [-0.15, -0.1) is 0 Å². The van der Waals surface area contributed by atoms with Crippen molar-refractivity contribution in [3.05, 3.63) is 89.4 Å². The lowest BCUT2D eigenvalue weighted by Crippen LogP contribution is -2.46. The number of piperazine rings is 1. The van der Waals surface area contributed by atoms with Gasteiger partial charge in [0.2, 0.25) is 0 Å². The van der Waals surface area contributed by atoms with E-state index in [1.165, 1.54) is 5.56 Å². The van der Waals surface area contributed by atoms with Gasteiger partial charge in [-0.25, -0.2) is 9.97 Å². The molecule has 1 saturated heterocycles. The van der Waals surface area contributed by atoms with E-state index in [1.807, 2.05) is 30.3 Å². The highest BCUT2D eigenvalue weighted by atomic mass is 35.5. The Kier molecular flexibility index (Phi) is 5.35. The second-order valence-electron chi connectivity index (χ2n) is 7.64. The van der Waals surface area contributed by atoms with Crippen LogP contribution in [-0.4, -0.2) is 41.0 Å². The molecule has 3 aromatic carbocycles. The molecule has 4 aromatic rings. The third-order valence-corrected chi connectivity index (χ3v) is 5.86. The summed E-state index contributed by atoms with van der Waals surface area (Å²) in [6.07, 6.45) is 0. The molecule has 1 fully saturated rings. The quantitative estimate of drug-likeness (QED) is 0.455. The lowest BCUT2D eigenvalue weighted by molar-refractivity contribution is 0.249. The molecule has 5 heteroatoms. The number of nitrogens with zero attached hydrogens (tertiary/aromatic N) is 4. The molecular weight excluding hydrogens is 392 g/mol. The summed E-state index contributed by atoms with van der Waals surface area (Å²) in [4.78, 5) is 14.7. The number of fused-ring (bicyclic) bond motifs is 1. The normalized spacial score (nSPS) is 14.9. The molecule has 30 heavy (non-hydrogen) atoms. The van der Waals surface area contributed by atoms with Crippen LogP contribution in [0.5, 0.6) is 0 Å². The number of benzene rings is 3. The van der Waals surface area contributed by atoms with E-state index in [0.29, 0.717) is 5.02 Å². The predicted molar refractivity (Wildman–Crippen MR) is 124 cm³/mol. The topological polar surface area (TPSA) is 32.3 Å². The molecule has 1 aromatic heterocycles. The van der Waals surface area contributed by atoms with Gasteiger partial charge in [-0.1, -0.05) is 54.1 Å². The number of hydrogen-bond acceptors (Lipinski definition) is 4. The lowest BCUT2D eigenvalue weighted by atomic mass is 10.1. The van der Waals surface area contributed by atoms with Crippen LogP contribution in [0.15, 0.2) is 78.9 Å². The fourth-order valence-electron chi connectivity index (χ4n) is 3.99. The molecule has 2 heterocycles. The standard InChI is InChI=1S/C25H23ClN4/c26-21-12-10-20(11-13-21)24-27-23-9-5-4-8-22(23)25(28-24)30-16-14-29(15-17-30)18-19-6-2-1-3-7-19/h1-13H,14-18H2. The van der Waals surface area contributed by atoms with Crippen molar-refractivity contribution in [2.45, 2.75) is 6.54 Å². The van der Waals surface area contributed by atoms with Crippen molar-refractivity contribution in [3.63, 3.8) is 0 Å². The first-order chi connectivity index (χ1) is 14.8. The Balaban J connectivity index is 1.42. The summed E-state index contributed by atoms with van der Waals surface area (Å²) in [7, 11) is 0. The molecular formula is C25H23ClN4. The highest BCUT2D eigenvalue weighted by Crippen LogP contribution is 2.29. The summed E-state index contributed by atoms with van der Waals surface area (Å²) in [5, 5.41) is 1.82. The van der Waals surface area contributed by atoms with Crippen LogP contribution in [0.2, 0.25) is 5.02 Å². The zero-order chi connectivity index (χ0) is 20.3. The van der Waals surface area contributed by atoms with Crippen LogP contribution in [0.3, 0.4) is 0 Å². The Labute approximate surface area is 181 Å². The second-order valence-corrected chi connectivity index (χ2v) is 8.08. The monoisotopic (exact) mass is 414 g/mol. The molecule has 1 aliphatic heterocycles. The molecule has 0 unspecified atom stereocenters. The molecule has 150 valence electrons. The Morgan fingerprint density at radius 1 is 0.733 bits per heavy atom. The maximum Gasteiger partial charge on any atom is 0.162 e. The van der Waals surface area contributed by atoms with Crippen LogP contribution in [0.4, 0.5) is 5.82 Å². The molecule has 0 N–H and O–H groups in total. The van der Waals surface area contributed by atoms with E-state index < -0.39 is 0 Å². The Bertz CT molecular complexity index is 1140. The molecule has 0 atom stereocenters. The van der Waals surface area contributed by atoms with Crippen LogP contribution >= 0.6 is 11.6 Å². The van der Waals surface area contributed by atoms with Gasteiger partial charge in [0.15, 0.2) is 5.82 Å². The Morgan fingerprint density at radius 2 is 1.43 bits per heavy atom. The number of hydrogen-bond donors (Lipinski definition) is 0. The first-order valence-electron chi connectivity index (χ1n) is 10.3. The molecule has 0 spiro atoms. The van der Waals surface area contributed by atoms with E-state index in [2.05, 4.69) is 58.3 Å². The minimum absolute atomic E-state index is 0.717. The summed E-state index contributed by atoms with van der Waals surface area (Å²) in [6, 6.07) is 26.7. The van der Waals surface area contributed by atoms with E-state index in [4.69, 9.17) is 21.6 Å². The van der Waals surface area contributed by atoms with Crippen molar-refractivity contribution >= 4 is 28.3 Å². The van der Waals surface area contributed by atoms with Crippen LogP contribution < -0.4 is 4.90 Å². The smallest absolute Gasteiger partial charge is 0.162 e. The molecule has 0 amide bonds. The van der Waals surface area contributed by atoms with Gasteiger partial charge in [0.25, 0.3) is 0 Å². The number of rotatable bonds is 4. The maximum atomic E-state index is 6.07. The summed E-state index contributed by atoms with van der Waals surface area (Å²) in [5.74, 6) is 1.76. The Morgan fingerprint density at radius 3 is 2.20 bits per heavy atom. The largest absolute Gasteiger partial charge is 0.353 e. The van der Waals surface area contributed by atoms with Crippen molar-refractivity contribution in [1.82, 2.24) is 14.9 Å². The van der Waals surface area contributed by atoms with Gasteiger partial charge >= 0.3 is 0 Å². The molecule has 0 bridgehead atoms. The zero-order valence-corrected chi connectivity index (χ0v) is 17.5. The highest BCUT2D eigenvalue weighted by molar-refractivity contribution is 6.30. The third-order valence-electron chi connectivity index (χ3n) is 5.61. The van der Waals surface area contributed by atoms with E-state index in [9.17, 15) is 0 Å². The fraction of sp³-hybridized carbons (Fsp3) is 0.200. The van der Waals surface area contributed by atoms with Gasteiger partial charge in [0.05, 0.1) is 5.52 Å². The van der Waals surface area contributed by atoms with Crippen LogP contribution in [-0.2, 0) is 6.54 Å². The van der Waals surface area contributed by atoms with Crippen molar-refractivity contribution in [3.8, 4) is 11.4 Å². The molecule has 0 saturated carbocycles. The second kappa shape index (κ2) is 8.42. The van der Waals surface area contributed by atoms with Gasteiger partial charge in [0.1, 0.15) is 5.82 Å². The number of halogens is 1. The van der Waals surface area contributed by atoms with Crippen molar-refractivity contribution < 1.29 is 0 Å². The molecule has 0 aliphatic carbocycles. The predicted octanol–water partition coefficient (Wildman–Crippen LogP) is 5.27. The molecule has 4 nitrogen and oxygen atoms in total. The van der Waals surface area contributed by atoms with Crippen LogP contribution in [0, 0.1) is 0 Å². The first-order valence-corrected chi connectivity index (χ1v) is 10.7. The highest BCUT2D eigenvalue weighted by Gasteiger charge is 2.21. The fourth-order valence-corrected chi connectivity index (χ4v) is 4.11. The summed E-state index contributed by atoms with van der Waals surface area (Å²) in [6.45, 7) is 4.93. The average molecular weight is 415 g/mol. The average Bonchev–Trinajstić information content (AvgIpc) is 2.80. The SMILES string of the molecule is Clc1ccc(-c2nc(N3CCN(Cc4ccccc4)CC3)c3ccccc3n2)cc1. The van der Waals surface area contributed by atoms with E-state index in [1.54, 1.807) is 0 Å². The minimum Gasteiger partial charge on any atom is -0.353 e. The maximum absolute atomic E-state index is 6.07. The summed E-state index contributed by atoms with van der Waals surface area (Å²) < 4.78 is 0. The molecule has 1 aliphatic rings. The van der Waals surface area contributed by atoms with Gasteiger partial charge in [-0.05, 0) is 42.0 Å². The Hall–Kier alpha value is -2.95. The summed E-state index contributed by atoms with van der Waals surface area (Å²) in [5.41, 5.74) is 3.32. The van der Waals surface area contributed by atoms with Gasteiger partial charge in [0, 0.05) is 48.7 Å². The number of anilines is 1.